The summed E-state index contributed by atoms with van der Waals surface area (Å²) in [5.74, 6) is -2.63. The maximum absolute atomic E-state index is 14.7. The van der Waals surface area contributed by atoms with E-state index >= 15 is 0 Å². The summed E-state index contributed by atoms with van der Waals surface area (Å²) in [6, 6.07) is 9.66. The number of aryl methyl sites for hydroxylation is 1. The second kappa shape index (κ2) is 11.6. The zero-order chi connectivity index (χ0) is 33.6. The summed E-state index contributed by atoms with van der Waals surface area (Å²) < 4.78 is 68.2. The number of aliphatic hydroxyl groups is 1. The molecule has 11 nitrogen and oxygen atoms in total. The van der Waals surface area contributed by atoms with Gasteiger partial charge >= 0.3 is 12.3 Å². The molecule has 5 N–H and O–H groups in total. The quantitative estimate of drug-likeness (QED) is 0.218. The molecule has 1 aliphatic heterocycles. The van der Waals surface area contributed by atoms with Crippen LogP contribution in [0, 0.1) is 12.7 Å². The number of halogens is 4. The molecule has 0 bridgehead atoms. The van der Waals surface area contributed by atoms with Crippen molar-refractivity contribution >= 4 is 34.5 Å². The van der Waals surface area contributed by atoms with E-state index in [0.717, 1.165) is 25.3 Å². The first-order valence-corrected chi connectivity index (χ1v) is 13.6. The van der Waals surface area contributed by atoms with Gasteiger partial charge in [0.05, 0.1) is 30.6 Å². The van der Waals surface area contributed by atoms with Crippen LogP contribution in [0.15, 0.2) is 54.7 Å². The van der Waals surface area contributed by atoms with Crippen molar-refractivity contribution in [3.8, 4) is 17.0 Å². The van der Waals surface area contributed by atoms with Crippen molar-refractivity contribution in [2.24, 2.45) is 5.73 Å². The van der Waals surface area contributed by atoms with E-state index in [1.54, 1.807) is 13.0 Å². The molecule has 46 heavy (non-hydrogen) atoms. The Hall–Kier alpha value is -5.31. The number of ether oxygens (including phenoxy) is 2. The normalized spacial score (nSPS) is 17.0. The fourth-order valence-corrected chi connectivity index (χ4v) is 5.00. The van der Waals surface area contributed by atoms with Crippen LogP contribution < -0.4 is 21.1 Å². The van der Waals surface area contributed by atoms with E-state index in [-0.39, 0.29) is 45.9 Å². The van der Waals surface area contributed by atoms with Gasteiger partial charge in [-0.15, -0.1) is 0 Å². The van der Waals surface area contributed by atoms with E-state index < -0.39 is 53.2 Å². The molecule has 0 spiro atoms. The van der Waals surface area contributed by atoms with Crippen LogP contribution in [0.3, 0.4) is 0 Å². The van der Waals surface area contributed by atoms with Crippen molar-refractivity contribution in [3.05, 3.63) is 82.9 Å². The number of aromatic nitrogens is 2. The van der Waals surface area contributed by atoms with Crippen LogP contribution in [0.5, 0.6) is 5.75 Å². The highest BCUT2D eigenvalue weighted by Gasteiger charge is 2.57. The van der Waals surface area contributed by atoms with Crippen LogP contribution >= 0.6 is 0 Å². The van der Waals surface area contributed by atoms with Gasteiger partial charge in [0.15, 0.2) is 0 Å². The molecule has 0 fully saturated rings. The molecule has 0 radical (unpaired) electrons. The van der Waals surface area contributed by atoms with Crippen molar-refractivity contribution < 1.29 is 46.5 Å². The standard InChI is InChI=1S/C31H27F4N5O6/c1-15-8-17-9-18(10-21(23(17)37-12-15)39-28(43)45-3)26(41)38-13-30(44,31(33,34)35)22-11-20-25(46-14-29(20,2)27(36)42)24(40-22)16-4-6-19(32)7-5-16/h4-12,44H,13-14H2,1-3H3,(H2,36,42)(H,38,41)(H,39,43)/t29-,30?/m0/s1. The fourth-order valence-electron chi connectivity index (χ4n) is 5.00. The molecule has 1 aliphatic rings. The maximum Gasteiger partial charge on any atom is 0.424 e. The van der Waals surface area contributed by atoms with Crippen LogP contribution in [-0.2, 0) is 20.5 Å². The molecule has 240 valence electrons. The Morgan fingerprint density at radius 2 is 1.83 bits per heavy atom. The van der Waals surface area contributed by atoms with Crippen molar-refractivity contribution in [3.63, 3.8) is 0 Å². The van der Waals surface area contributed by atoms with Gasteiger partial charge in [-0.3, -0.25) is 19.9 Å². The molecule has 5 rings (SSSR count). The zero-order valence-corrected chi connectivity index (χ0v) is 24.6. The molecule has 1 unspecified atom stereocenters. The van der Waals surface area contributed by atoms with Gasteiger partial charge in [-0.2, -0.15) is 13.2 Å². The van der Waals surface area contributed by atoms with E-state index in [1.807, 2.05) is 0 Å². The van der Waals surface area contributed by atoms with Crippen LogP contribution in [0.1, 0.15) is 34.1 Å². The smallest absolute Gasteiger partial charge is 0.424 e. The summed E-state index contributed by atoms with van der Waals surface area (Å²) in [5, 5.41) is 16.2. The highest BCUT2D eigenvalue weighted by Crippen LogP contribution is 2.47. The number of alkyl halides is 3. The van der Waals surface area contributed by atoms with Crippen LogP contribution in [0.25, 0.3) is 22.2 Å². The third kappa shape index (κ3) is 5.64. The lowest BCUT2D eigenvalue weighted by Gasteiger charge is -2.31. The summed E-state index contributed by atoms with van der Waals surface area (Å²) in [4.78, 5) is 46.0. The Bertz CT molecular complexity index is 1880. The second-order valence-electron chi connectivity index (χ2n) is 11.0. The number of fused-ring (bicyclic) bond motifs is 2. The molecule has 0 aliphatic carbocycles. The highest BCUT2D eigenvalue weighted by atomic mass is 19.4. The Balaban J connectivity index is 1.58. The van der Waals surface area contributed by atoms with E-state index in [9.17, 15) is 37.1 Å². The van der Waals surface area contributed by atoms with Gasteiger partial charge in [0, 0.05) is 28.3 Å². The van der Waals surface area contributed by atoms with Crippen molar-refractivity contribution in [1.29, 1.82) is 0 Å². The molecule has 0 saturated heterocycles. The average Bonchev–Trinajstić information content (AvgIpc) is 3.36. The fraction of sp³-hybridized carbons (Fsp3) is 0.258. The number of carbonyl (C=O) groups excluding carboxylic acids is 3. The van der Waals surface area contributed by atoms with Crippen LogP contribution in [0.2, 0.25) is 0 Å². The Morgan fingerprint density at radius 1 is 1.13 bits per heavy atom. The average molecular weight is 642 g/mol. The molecule has 2 aromatic carbocycles. The van der Waals surface area contributed by atoms with Crippen molar-refractivity contribution in [2.75, 3.05) is 25.6 Å². The van der Waals surface area contributed by atoms with Gasteiger partial charge in [0.1, 0.15) is 29.3 Å². The lowest BCUT2D eigenvalue weighted by molar-refractivity contribution is -0.265. The molecule has 0 saturated carbocycles. The van der Waals surface area contributed by atoms with Crippen LogP contribution in [0.4, 0.5) is 28.0 Å². The SMILES string of the molecule is COC(=O)Nc1cc(C(=O)NCC(O)(c2cc3c(c(-c4ccc(F)cc4)n2)OC[C@]3(C)C(N)=O)C(F)(F)F)cc2cc(C)cnc12. The first-order valence-electron chi connectivity index (χ1n) is 13.6. The number of pyridine rings is 2. The number of carbonyl (C=O) groups is 3. The van der Waals surface area contributed by atoms with E-state index in [1.165, 1.54) is 37.4 Å². The number of primary amides is 1. The number of methoxy groups -OCH3 is 1. The Morgan fingerprint density at radius 3 is 2.46 bits per heavy atom. The Labute approximate surface area is 258 Å². The van der Waals surface area contributed by atoms with E-state index in [2.05, 4.69) is 25.3 Å². The van der Waals surface area contributed by atoms with Gasteiger partial charge in [-0.25, -0.2) is 14.2 Å². The number of anilines is 1. The van der Waals surface area contributed by atoms with Crippen LogP contribution in [-0.4, -0.2) is 59.4 Å². The zero-order valence-electron chi connectivity index (χ0n) is 24.6. The number of nitrogens with zero attached hydrogens (tertiary/aromatic N) is 2. The predicted octanol–water partition coefficient (Wildman–Crippen LogP) is 4.24. The highest BCUT2D eigenvalue weighted by molar-refractivity contribution is 6.05. The second-order valence-corrected chi connectivity index (χ2v) is 11.0. The van der Waals surface area contributed by atoms with E-state index in [4.69, 9.17) is 10.5 Å². The minimum Gasteiger partial charge on any atom is -0.489 e. The number of amides is 3. The molecule has 15 heteroatoms. The van der Waals surface area contributed by atoms with Crippen molar-refractivity contribution in [1.82, 2.24) is 15.3 Å². The summed E-state index contributed by atoms with van der Waals surface area (Å²) in [6.45, 7) is 1.36. The predicted molar refractivity (Wildman–Crippen MR) is 156 cm³/mol. The van der Waals surface area contributed by atoms with Crippen molar-refractivity contribution in [2.45, 2.75) is 31.0 Å². The summed E-state index contributed by atoms with van der Waals surface area (Å²) >= 11 is 0. The molecule has 3 amide bonds. The third-order valence-corrected chi connectivity index (χ3v) is 7.74. The number of nitrogens with one attached hydrogen (secondary N) is 2. The molecular weight excluding hydrogens is 614 g/mol. The lowest BCUT2D eigenvalue weighted by Crippen LogP contribution is -2.51. The molecule has 4 aromatic rings. The number of rotatable bonds is 7. The molecule has 2 aromatic heterocycles. The summed E-state index contributed by atoms with van der Waals surface area (Å²) in [5.41, 5.74) is -0.0478. The number of hydrogen-bond acceptors (Lipinski definition) is 8. The summed E-state index contributed by atoms with van der Waals surface area (Å²) in [7, 11) is 1.12. The largest absolute Gasteiger partial charge is 0.489 e. The maximum atomic E-state index is 14.7. The Kier molecular flexibility index (Phi) is 8.07. The lowest BCUT2D eigenvalue weighted by atomic mass is 9.81. The van der Waals surface area contributed by atoms with Gasteiger partial charge in [0.2, 0.25) is 11.5 Å². The minimum absolute atomic E-state index is 0.0514. The first kappa shape index (κ1) is 32.1. The van der Waals surface area contributed by atoms with Gasteiger partial charge in [0.25, 0.3) is 5.91 Å². The molecule has 2 atom stereocenters. The topological polar surface area (TPSA) is 166 Å². The number of nitrogens with two attached hydrogens (primary N) is 1. The molecular formula is C31H27F4N5O6. The number of benzene rings is 2. The van der Waals surface area contributed by atoms with E-state index in [0.29, 0.717) is 10.9 Å². The minimum atomic E-state index is -5.41. The van der Waals surface area contributed by atoms with Gasteiger partial charge in [-0.05, 0) is 67.9 Å². The van der Waals surface area contributed by atoms with Gasteiger partial charge in [-0.1, -0.05) is 0 Å². The molecule has 3 heterocycles. The van der Waals surface area contributed by atoms with Gasteiger partial charge < -0.3 is 25.6 Å². The first-order chi connectivity index (χ1) is 21.6. The summed E-state index contributed by atoms with van der Waals surface area (Å²) in [6.07, 6.45) is -4.77. The number of hydrogen-bond donors (Lipinski definition) is 4. The third-order valence-electron chi connectivity index (χ3n) is 7.74. The monoisotopic (exact) mass is 641 g/mol.